The third-order valence-corrected chi connectivity index (χ3v) is 4.96. The number of methoxy groups -OCH3 is 1. The van der Waals surface area contributed by atoms with Crippen LogP contribution >= 0.6 is 0 Å². The number of esters is 1. The van der Waals surface area contributed by atoms with E-state index in [1.807, 2.05) is 26.0 Å². The largest absolute Gasteiger partial charge is 0.493 e. The third-order valence-electron chi connectivity index (χ3n) is 3.57. The van der Waals surface area contributed by atoms with Gasteiger partial charge in [0.05, 0.1) is 30.7 Å². The van der Waals surface area contributed by atoms with Crippen molar-refractivity contribution in [2.45, 2.75) is 25.2 Å². The molecule has 0 aliphatic heterocycles. The zero-order valence-electron chi connectivity index (χ0n) is 14.4. The van der Waals surface area contributed by atoms with Crippen molar-refractivity contribution in [3.05, 3.63) is 53.6 Å². The molecule has 0 aliphatic rings. The van der Waals surface area contributed by atoms with E-state index >= 15 is 0 Å². The van der Waals surface area contributed by atoms with Crippen molar-refractivity contribution in [2.75, 3.05) is 18.4 Å². The molecule has 0 radical (unpaired) electrons. The van der Waals surface area contributed by atoms with Gasteiger partial charge in [-0.25, -0.2) is 8.42 Å². The van der Waals surface area contributed by atoms with Gasteiger partial charge in [-0.2, -0.15) is 0 Å². The Labute approximate surface area is 147 Å². The fourth-order valence-corrected chi connectivity index (χ4v) is 3.24. The number of ether oxygens (including phenoxy) is 2. The van der Waals surface area contributed by atoms with E-state index in [0.29, 0.717) is 11.4 Å². The Bertz CT molecular complexity index is 844. The van der Waals surface area contributed by atoms with E-state index in [4.69, 9.17) is 4.74 Å². The number of aryl methyl sites for hydroxylation is 2. The van der Waals surface area contributed by atoms with E-state index in [1.54, 1.807) is 18.2 Å². The summed E-state index contributed by atoms with van der Waals surface area (Å²) < 4.78 is 37.5. The molecule has 0 atom stereocenters. The molecule has 0 saturated heterocycles. The van der Waals surface area contributed by atoms with Crippen LogP contribution in [0.3, 0.4) is 0 Å². The van der Waals surface area contributed by atoms with E-state index in [2.05, 4.69) is 9.46 Å². The summed E-state index contributed by atoms with van der Waals surface area (Å²) >= 11 is 0. The van der Waals surface area contributed by atoms with Crippen molar-refractivity contribution in [3.8, 4) is 5.75 Å². The molecule has 7 heteroatoms. The van der Waals surface area contributed by atoms with Crippen LogP contribution < -0.4 is 9.46 Å². The number of anilines is 1. The Morgan fingerprint density at radius 1 is 1.08 bits per heavy atom. The average Bonchev–Trinajstić information content (AvgIpc) is 2.58. The normalized spacial score (nSPS) is 11.0. The highest BCUT2D eigenvalue weighted by atomic mass is 32.2. The molecule has 0 aromatic heterocycles. The molecule has 0 amide bonds. The Hall–Kier alpha value is -2.54. The number of carbonyl (C=O) groups is 1. The minimum absolute atomic E-state index is 0.130. The number of rotatable bonds is 7. The molecule has 0 spiro atoms. The number of nitrogens with one attached hydrogen (secondary N) is 1. The van der Waals surface area contributed by atoms with Crippen molar-refractivity contribution < 1.29 is 22.7 Å². The topological polar surface area (TPSA) is 81.7 Å². The molecule has 0 saturated carbocycles. The maximum Gasteiger partial charge on any atom is 0.308 e. The summed E-state index contributed by atoms with van der Waals surface area (Å²) in [5.41, 5.74) is 2.37. The Morgan fingerprint density at radius 3 is 2.40 bits per heavy atom. The van der Waals surface area contributed by atoms with E-state index < -0.39 is 10.0 Å². The molecule has 0 aliphatic carbocycles. The van der Waals surface area contributed by atoms with Gasteiger partial charge in [0, 0.05) is 0 Å². The van der Waals surface area contributed by atoms with Crippen LogP contribution in [0.15, 0.2) is 47.4 Å². The zero-order valence-corrected chi connectivity index (χ0v) is 15.2. The molecule has 6 nitrogen and oxygen atoms in total. The lowest BCUT2D eigenvalue weighted by molar-refractivity contribution is -0.141. The highest BCUT2D eigenvalue weighted by Crippen LogP contribution is 2.22. The first-order valence-corrected chi connectivity index (χ1v) is 9.20. The summed E-state index contributed by atoms with van der Waals surface area (Å²) in [4.78, 5) is 11.2. The van der Waals surface area contributed by atoms with Crippen molar-refractivity contribution in [1.29, 1.82) is 0 Å². The van der Waals surface area contributed by atoms with Gasteiger partial charge in [-0.05, 0) is 55.3 Å². The van der Waals surface area contributed by atoms with Gasteiger partial charge in [-0.3, -0.25) is 9.52 Å². The van der Waals surface area contributed by atoms with Crippen LogP contribution in [0.5, 0.6) is 5.75 Å². The van der Waals surface area contributed by atoms with Crippen LogP contribution in [0, 0.1) is 13.8 Å². The molecule has 0 bridgehead atoms. The Balaban J connectivity index is 2.07. The van der Waals surface area contributed by atoms with Gasteiger partial charge in [0.2, 0.25) is 0 Å². The smallest absolute Gasteiger partial charge is 0.308 e. The molecule has 134 valence electrons. The fraction of sp³-hybridized carbons (Fsp3) is 0.278. The van der Waals surface area contributed by atoms with Crippen molar-refractivity contribution in [2.24, 2.45) is 0 Å². The molecule has 0 heterocycles. The first-order chi connectivity index (χ1) is 11.8. The summed E-state index contributed by atoms with van der Waals surface area (Å²) in [5.74, 6) is 0.117. The van der Waals surface area contributed by atoms with Crippen molar-refractivity contribution in [3.63, 3.8) is 0 Å². The monoisotopic (exact) mass is 363 g/mol. The lowest BCUT2D eigenvalue weighted by atomic mass is 10.1. The number of hydrogen-bond acceptors (Lipinski definition) is 5. The van der Waals surface area contributed by atoms with E-state index in [1.165, 1.54) is 19.2 Å². The van der Waals surface area contributed by atoms with Crippen molar-refractivity contribution in [1.82, 2.24) is 0 Å². The predicted molar refractivity (Wildman–Crippen MR) is 95.3 cm³/mol. The maximum absolute atomic E-state index is 12.5. The minimum atomic E-state index is -3.69. The number of hydrogen-bond donors (Lipinski definition) is 1. The summed E-state index contributed by atoms with van der Waals surface area (Å²) in [7, 11) is -2.38. The summed E-state index contributed by atoms with van der Waals surface area (Å²) in [6, 6.07) is 11.6. The second kappa shape index (κ2) is 8.02. The van der Waals surface area contributed by atoms with Gasteiger partial charge in [0.15, 0.2) is 0 Å². The molecule has 2 rings (SSSR count). The van der Waals surface area contributed by atoms with Crippen molar-refractivity contribution >= 4 is 21.7 Å². The van der Waals surface area contributed by atoms with Gasteiger partial charge in [-0.15, -0.1) is 0 Å². The molecule has 2 aromatic carbocycles. The lowest BCUT2D eigenvalue weighted by Crippen LogP contribution is -2.14. The molecule has 0 fully saturated rings. The summed E-state index contributed by atoms with van der Waals surface area (Å²) in [5, 5.41) is 0. The average molecular weight is 363 g/mol. The fourth-order valence-electron chi connectivity index (χ4n) is 2.12. The van der Waals surface area contributed by atoms with E-state index in [-0.39, 0.29) is 23.9 Å². The quantitative estimate of drug-likeness (QED) is 0.765. The third kappa shape index (κ3) is 5.22. The maximum atomic E-state index is 12.5. The van der Waals surface area contributed by atoms with Crippen LogP contribution in [0.25, 0.3) is 0 Å². The van der Waals surface area contributed by atoms with Gasteiger partial charge in [0.1, 0.15) is 5.75 Å². The van der Waals surface area contributed by atoms with E-state index in [9.17, 15) is 13.2 Å². The number of benzene rings is 2. The summed E-state index contributed by atoms with van der Waals surface area (Å²) in [6.45, 7) is 3.91. The van der Waals surface area contributed by atoms with Crippen LogP contribution in [0.2, 0.25) is 0 Å². The number of sulfonamides is 1. The van der Waals surface area contributed by atoms with E-state index in [0.717, 1.165) is 11.1 Å². The van der Waals surface area contributed by atoms with Gasteiger partial charge in [-0.1, -0.05) is 12.1 Å². The van der Waals surface area contributed by atoms with Crippen LogP contribution in [-0.2, 0) is 19.6 Å². The molecular formula is C18H21NO5S. The Kier molecular flexibility index (Phi) is 6.03. The molecule has 1 N–H and O–H groups in total. The first kappa shape index (κ1) is 18.8. The van der Waals surface area contributed by atoms with Gasteiger partial charge >= 0.3 is 5.97 Å². The second-order valence-corrected chi connectivity index (χ2v) is 7.25. The second-order valence-electron chi connectivity index (χ2n) is 5.57. The van der Waals surface area contributed by atoms with Crippen LogP contribution in [0.1, 0.15) is 17.5 Å². The SMILES string of the molecule is COC(=O)CCOc1ccc(S(=O)(=O)Nc2cc(C)ccc2C)cc1. The minimum Gasteiger partial charge on any atom is -0.493 e. The van der Waals surface area contributed by atoms with Gasteiger partial charge in [0.25, 0.3) is 10.0 Å². The molecular weight excluding hydrogens is 342 g/mol. The standard InChI is InChI=1S/C18H21NO5S/c1-13-4-5-14(2)17(12-13)19-25(21,22)16-8-6-15(7-9-16)24-11-10-18(20)23-3/h4-9,12,19H,10-11H2,1-3H3. The molecule has 0 unspecified atom stereocenters. The first-order valence-electron chi connectivity index (χ1n) is 7.71. The Morgan fingerprint density at radius 2 is 1.76 bits per heavy atom. The predicted octanol–water partition coefficient (Wildman–Crippen LogP) is 3.05. The highest BCUT2D eigenvalue weighted by molar-refractivity contribution is 7.92. The van der Waals surface area contributed by atoms with Crippen LogP contribution in [-0.4, -0.2) is 28.1 Å². The van der Waals surface area contributed by atoms with Gasteiger partial charge < -0.3 is 9.47 Å². The molecule has 25 heavy (non-hydrogen) atoms. The number of carbonyl (C=O) groups excluding carboxylic acids is 1. The van der Waals surface area contributed by atoms with Crippen LogP contribution in [0.4, 0.5) is 5.69 Å². The zero-order chi connectivity index (χ0) is 18.4. The summed E-state index contributed by atoms with van der Waals surface area (Å²) in [6.07, 6.45) is 0.130. The lowest BCUT2D eigenvalue weighted by Gasteiger charge is -2.12. The molecule has 2 aromatic rings. The highest BCUT2D eigenvalue weighted by Gasteiger charge is 2.15.